The molecule has 5 nitrogen and oxygen atoms in total. The van der Waals surface area contributed by atoms with Crippen molar-refractivity contribution in [3.63, 3.8) is 0 Å². The second kappa shape index (κ2) is 6.42. The number of rotatable bonds is 3. The Hall–Kier alpha value is -1.18. The smallest absolute Gasteiger partial charge is 0.322 e. The van der Waals surface area contributed by atoms with E-state index in [1.165, 1.54) is 0 Å². The lowest BCUT2D eigenvalue weighted by Gasteiger charge is -2.46. The predicted molar refractivity (Wildman–Crippen MR) is 112 cm³/mol. The maximum absolute atomic E-state index is 12.8. The van der Waals surface area contributed by atoms with E-state index in [2.05, 4.69) is 67.4 Å². The highest BCUT2D eigenvalue weighted by atomic mass is 79.9. The van der Waals surface area contributed by atoms with Crippen molar-refractivity contribution in [2.75, 3.05) is 6.61 Å². The lowest BCUT2D eigenvalue weighted by atomic mass is 9.64. The molecule has 1 fully saturated rings. The number of halogens is 1. The summed E-state index contributed by atoms with van der Waals surface area (Å²) in [5.41, 5.74) is 0.693. The summed E-state index contributed by atoms with van der Waals surface area (Å²) >= 11 is 3.50. The second-order valence-electron chi connectivity index (χ2n) is 9.83. The molecule has 2 atom stereocenters. The fraction of sp³-hybridized carbons (Fsp3) is 0.600. The molecule has 0 radical (unpaired) electrons. The van der Waals surface area contributed by atoms with Gasteiger partial charge in [0.2, 0.25) is 0 Å². The molecule has 1 spiro atoms. The van der Waals surface area contributed by atoms with Crippen LogP contribution in [0.1, 0.15) is 45.2 Å². The molecule has 1 heterocycles. The average molecular weight is 453 g/mol. The van der Waals surface area contributed by atoms with Crippen LogP contribution in [0.3, 0.4) is 0 Å². The molecule has 0 bridgehead atoms. The first-order chi connectivity index (χ1) is 12.3. The van der Waals surface area contributed by atoms with Crippen molar-refractivity contribution in [3.05, 3.63) is 33.8 Å². The van der Waals surface area contributed by atoms with E-state index in [1.54, 1.807) is 0 Å². The Labute approximate surface area is 170 Å². The summed E-state index contributed by atoms with van der Waals surface area (Å²) in [6, 6.07) is 5.56. The number of imide groups is 1. The summed E-state index contributed by atoms with van der Waals surface area (Å²) < 4.78 is 7.42. The third kappa shape index (κ3) is 3.61. The van der Waals surface area contributed by atoms with E-state index in [1.807, 2.05) is 18.2 Å². The van der Waals surface area contributed by atoms with Crippen molar-refractivity contribution in [2.24, 2.45) is 5.41 Å². The van der Waals surface area contributed by atoms with Crippen LogP contribution in [0.4, 0.5) is 4.79 Å². The third-order valence-electron chi connectivity index (χ3n) is 6.37. The Morgan fingerprint density at radius 2 is 1.93 bits per heavy atom. The minimum absolute atomic E-state index is 0.122. The van der Waals surface area contributed by atoms with Gasteiger partial charge in [-0.15, -0.1) is 0 Å². The van der Waals surface area contributed by atoms with Gasteiger partial charge in [-0.2, -0.15) is 0 Å². The van der Waals surface area contributed by atoms with Crippen LogP contribution in [0, 0.1) is 5.41 Å². The van der Waals surface area contributed by atoms with E-state index < -0.39 is 19.9 Å². The molecule has 2 unspecified atom stereocenters. The maximum atomic E-state index is 12.8. The largest absolute Gasteiger partial charge is 0.416 e. The zero-order valence-electron chi connectivity index (χ0n) is 17.0. The van der Waals surface area contributed by atoms with Crippen LogP contribution in [0.15, 0.2) is 22.7 Å². The summed E-state index contributed by atoms with van der Waals surface area (Å²) in [5, 5.41) is 5.48. The molecular weight excluding hydrogens is 424 g/mol. The van der Waals surface area contributed by atoms with Crippen molar-refractivity contribution in [1.82, 2.24) is 10.6 Å². The normalized spacial score (nSPS) is 28.1. The molecule has 2 aliphatic rings. The first-order valence-corrected chi connectivity index (χ1v) is 13.0. The topological polar surface area (TPSA) is 67.4 Å². The molecule has 1 aliphatic carbocycles. The van der Waals surface area contributed by atoms with Crippen molar-refractivity contribution in [1.29, 1.82) is 0 Å². The zero-order chi connectivity index (χ0) is 20.3. The number of amides is 3. The summed E-state index contributed by atoms with van der Waals surface area (Å²) in [4.78, 5) is 24.8. The highest BCUT2D eigenvalue weighted by molar-refractivity contribution is 9.10. The average Bonchev–Trinajstić information content (AvgIpc) is 2.80. The van der Waals surface area contributed by atoms with Gasteiger partial charge in [0.15, 0.2) is 8.32 Å². The number of hydrogen-bond donors (Lipinski definition) is 2. The van der Waals surface area contributed by atoms with Crippen LogP contribution in [0.5, 0.6) is 0 Å². The minimum Gasteiger partial charge on any atom is -0.416 e. The highest BCUT2D eigenvalue weighted by Gasteiger charge is 2.55. The molecule has 1 saturated heterocycles. The van der Waals surface area contributed by atoms with Gasteiger partial charge in [0.05, 0.1) is 0 Å². The SMILES string of the molecule is CC1(CO[Si](C)(C)C(C)(C)C)Cc2ccc(Br)cc2C2(C1)NC(=O)NC2=O. The van der Waals surface area contributed by atoms with Crippen molar-refractivity contribution in [2.45, 2.75) is 64.2 Å². The van der Waals surface area contributed by atoms with Gasteiger partial charge in [-0.05, 0) is 59.6 Å². The molecule has 1 aromatic carbocycles. The van der Waals surface area contributed by atoms with E-state index in [9.17, 15) is 9.59 Å². The van der Waals surface area contributed by atoms with Gasteiger partial charge in [-0.25, -0.2) is 4.79 Å². The summed E-state index contributed by atoms with van der Waals surface area (Å²) in [6.45, 7) is 13.9. The molecule has 1 aliphatic heterocycles. The van der Waals surface area contributed by atoms with Crippen LogP contribution in [-0.4, -0.2) is 26.9 Å². The van der Waals surface area contributed by atoms with E-state index in [-0.39, 0.29) is 16.4 Å². The Morgan fingerprint density at radius 1 is 1.26 bits per heavy atom. The van der Waals surface area contributed by atoms with E-state index >= 15 is 0 Å². The van der Waals surface area contributed by atoms with Gasteiger partial charge in [-0.3, -0.25) is 10.1 Å². The Kier molecular flexibility index (Phi) is 4.89. The van der Waals surface area contributed by atoms with E-state index in [0.717, 1.165) is 22.0 Å². The maximum Gasteiger partial charge on any atom is 0.322 e. The Balaban J connectivity index is 1.97. The summed E-state index contributed by atoms with van der Waals surface area (Å²) in [5.74, 6) is -0.273. The monoisotopic (exact) mass is 452 g/mol. The van der Waals surface area contributed by atoms with Crippen LogP contribution in [-0.2, 0) is 21.2 Å². The lowest BCUT2D eigenvalue weighted by molar-refractivity contribution is -0.126. The molecule has 3 amide bonds. The van der Waals surface area contributed by atoms with Crippen LogP contribution in [0.25, 0.3) is 0 Å². The van der Waals surface area contributed by atoms with Gasteiger partial charge in [0.25, 0.3) is 5.91 Å². The quantitative estimate of drug-likeness (QED) is 0.525. The van der Waals surface area contributed by atoms with Gasteiger partial charge in [0, 0.05) is 11.1 Å². The predicted octanol–water partition coefficient (Wildman–Crippen LogP) is 4.46. The van der Waals surface area contributed by atoms with Gasteiger partial charge in [0.1, 0.15) is 5.54 Å². The number of hydrogen-bond acceptors (Lipinski definition) is 3. The molecule has 3 rings (SSSR count). The van der Waals surface area contributed by atoms with Gasteiger partial charge < -0.3 is 9.74 Å². The minimum atomic E-state index is -1.91. The number of fused-ring (bicyclic) bond motifs is 2. The Morgan fingerprint density at radius 3 is 2.48 bits per heavy atom. The van der Waals surface area contributed by atoms with Crippen LogP contribution >= 0.6 is 15.9 Å². The summed E-state index contributed by atoms with van der Waals surface area (Å²) in [6.07, 6.45) is 1.34. The molecule has 0 saturated carbocycles. The third-order valence-corrected chi connectivity index (χ3v) is 11.3. The first kappa shape index (κ1) is 20.5. The van der Waals surface area contributed by atoms with Crippen molar-refractivity contribution >= 4 is 36.2 Å². The molecule has 7 heteroatoms. The molecule has 148 valence electrons. The molecule has 1 aromatic rings. The Bertz CT molecular complexity index is 805. The lowest BCUT2D eigenvalue weighted by Crippen LogP contribution is -2.53. The number of urea groups is 1. The molecular formula is C20H29BrN2O3Si. The summed E-state index contributed by atoms with van der Waals surface area (Å²) in [7, 11) is -1.91. The number of nitrogens with one attached hydrogen (secondary N) is 2. The fourth-order valence-corrected chi connectivity index (χ4v) is 5.34. The number of carbonyl (C=O) groups is 2. The fourth-order valence-electron chi connectivity index (χ4n) is 3.84. The van der Waals surface area contributed by atoms with Crippen LogP contribution < -0.4 is 10.6 Å². The second-order valence-corrected chi connectivity index (χ2v) is 15.6. The van der Waals surface area contributed by atoms with E-state index in [4.69, 9.17) is 4.43 Å². The first-order valence-electron chi connectivity index (χ1n) is 9.35. The van der Waals surface area contributed by atoms with E-state index in [0.29, 0.717) is 13.0 Å². The zero-order valence-corrected chi connectivity index (χ0v) is 19.5. The standard InChI is InChI=1S/C20H29BrN2O3Si/c1-18(2,3)27(5,6)26-12-19(4)10-13-7-8-14(21)9-15(13)20(11-19)16(24)22-17(25)23-20/h7-9H,10-12H2,1-6H3,(H2,22,23,24,25). The highest BCUT2D eigenvalue weighted by Crippen LogP contribution is 2.48. The molecule has 2 N–H and O–H groups in total. The van der Waals surface area contributed by atoms with Crippen LogP contribution in [0.2, 0.25) is 18.1 Å². The number of benzene rings is 1. The van der Waals surface area contributed by atoms with Gasteiger partial charge >= 0.3 is 6.03 Å². The number of carbonyl (C=O) groups excluding carboxylic acids is 2. The van der Waals surface area contributed by atoms with Crippen molar-refractivity contribution < 1.29 is 14.0 Å². The molecule has 27 heavy (non-hydrogen) atoms. The van der Waals surface area contributed by atoms with Gasteiger partial charge in [-0.1, -0.05) is 49.7 Å². The van der Waals surface area contributed by atoms with Crippen molar-refractivity contribution in [3.8, 4) is 0 Å². The molecule has 0 aromatic heterocycles.